The molecular formula is C22H21F2N3O4. The van der Waals surface area contributed by atoms with Gasteiger partial charge >= 0.3 is 12.6 Å². The summed E-state index contributed by atoms with van der Waals surface area (Å²) in [6.45, 7) is 0.0607. The molecular weight excluding hydrogens is 408 g/mol. The Labute approximate surface area is 177 Å². The molecule has 0 aliphatic carbocycles. The molecule has 7 nitrogen and oxygen atoms in total. The molecule has 0 unspecified atom stereocenters. The van der Waals surface area contributed by atoms with Crippen LogP contribution in [0.5, 0.6) is 5.75 Å². The lowest BCUT2D eigenvalue weighted by atomic mass is 9.92. The standard InChI is InChI=1S/C22H21F2N3O4/c1-13-11-14-5-3-4-6-17(14)27(13)18(28)12-26-19(29)22(2,25-21(26)30)15-7-9-16(10-8-15)31-20(23)24/h3-10,13,20H,11-12H2,1-2H3,(H,25,30)/t13-,22+/m0/s1. The summed E-state index contributed by atoms with van der Waals surface area (Å²) in [5, 5.41) is 2.61. The third kappa shape index (κ3) is 3.60. The molecule has 4 amide bonds. The molecule has 0 radical (unpaired) electrons. The summed E-state index contributed by atoms with van der Waals surface area (Å²) in [5.74, 6) is -1.01. The number of imide groups is 1. The predicted molar refractivity (Wildman–Crippen MR) is 108 cm³/mol. The quantitative estimate of drug-likeness (QED) is 0.741. The lowest BCUT2D eigenvalue weighted by Gasteiger charge is -2.25. The SMILES string of the molecule is C[C@H]1Cc2ccccc2N1C(=O)CN1C(=O)N[C@](C)(c2ccc(OC(F)F)cc2)C1=O. The first-order valence-electron chi connectivity index (χ1n) is 9.80. The second-order valence-corrected chi connectivity index (χ2v) is 7.79. The van der Waals surface area contributed by atoms with Gasteiger partial charge in [0.1, 0.15) is 17.8 Å². The molecule has 2 aromatic rings. The molecule has 31 heavy (non-hydrogen) atoms. The Morgan fingerprint density at radius 1 is 1.19 bits per heavy atom. The molecule has 2 aliphatic rings. The molecule has 2 aromatic carbocycles. The van der Waals surface area contributed by atoms with Crippen molar-refractivity contribution in [1.29, 1.82) is 0 Å². The minimum atomic E-state index is -2.96. The maximum Gasteiger partial charge on any atom is 0.387 e. The van der Waals surface area contributed by atoms with E-state index in [-0.39, 0.29) is 17.7 Å². The van der Waals surface area contributed by atoms with Crippen LogP contribution in [0.25, 0.3) is 0 Å². The van der Waals surface area contributed by atoms with Gasteiger partial charge in [0.15, 0.2) is 0 Å². The molecule has 0 saturated carbocycles. The Bertz CT molecular complexity index is 1040. The summed E-state index contributed by atoms with van der Waals surface area (Å²) >= 11 is 0. The number of carbonyl (C=O) groups excluding carboxylic acids is 3. The number of urea groups is 1. The third-order valence-electron chi connectivity index (χ3n) is 5.70. The van der Waals surface area contributed by atoms with Gasteiger partial charge in [0.05, 0.1) is 0 Å². The number of nitrogens with one attached hydrogen (secondary N) is 1. The van der Waals surface area contributed by atoms with Crippen molar-refractivity contribution < 1.29 is 27.9 Å². The molecule has 4 rings (SSSR count). The molecule has 2 atom stereocenters. The van der Waals surface area contributed by atoms with E-state index in [0.29, 0.717) is 12.0 Å². The van der Waals surface area contributed by atoms with Crippen LogP contribution in [-0.2, 0) is 21.5 Å². The van der Waals surface area contributed by atoms with Crippen molar-refractivity contribution in [3.63, 3.8) is 0 Å². The number of nitrogens with zero attached hydrogens (tertiary/aromatic N) is 2. The first kappa shape index (κ1) is 20.8. The molecule has 0 bridgehead atoms. The highest BCUT2D eigenvalue weighted by Gasteiger charge is 2.50. The fourth-order valence-corrected chi connectivity index (χ4v) is 4.16. The zero-order chi connectivity index (χ0) is 22.3. The molecule has 9 heteroatoms. The number of benzene rings is 2. The van der Waals surface area contributed by atoms with Gasteiger partial charge < -0.3 is 15.0 Å². The van der Waals surface area contributed by atoms with Crippen LogP contribution >= 0.6 is 0 Å². The van der Waals surface area contributed by atoms with Crippen molar-refractivity contribution in [1.82, 2.24) is 10.2 Å². The minimum absolute atomic E-state index is 0.0622. The van der Waals surface area contributed by atoms with Gasteiger partial charge in [0.2, 0.25) is 5.91 Å². The summed E-state index contributed by atoms with van der Waals surface area (Å²) in [5.41, 5.74) is 0.790. The van der Waals surface area contributed by atoms with Crippen molar-refractivity contribution in [3.8, 4) is 5.75 Å². The predicted octanol–water partition coefficient (Wildman–Crippen LogP) is 3.03. The summed E-state index contributed by atoms with van der Waals surface area (Å²) in [6.07, 6.45) is 0.701. The largest absolute Gasteiger partial charge is 0.435 e. The number of carbonyl (C=O) groups is 3. The van der Waals surface area contributed by atoms with E-state index in [1.54, 1.807) is 4.90 Å². The van der Waals surface area contributed by atoms with Crippen LogP contribution in [0.15, 0.2) is 48.5 Å². The van der Waals surface area contributed by atoms with E-state index in [1.165, 1.54) is 31.2 Å². The van der Waals surface area contributed by atoms with Gasteiger partial charge in [-0.05, 0) is 49.6 Å². The number of hydrogen-bond acceptors (Lipinski definition) is 4. The number of amides is 4. The van der Waals surface area contributed by atoms with Crippen LogP contribution in [0.2, 0.25) is 0 Å². The van der Waals surface area contributed by atoms with Crippen molar-refractivity contribution in [2.45, 2.75) is 38.5 Å². The fraction of sp³-hybridized carbons (Fsp3) is 0.318. The molecule has 2 aliphatic heterocycles. The van der Waals surface area contributed by atoms with Gasteiger partial charge in [0.25, 0.3) is 5.91 Å². The molecule has 162 valence electrons. The molecule has 1 N–H and O–H groups in total. The lowest BCUT2D eigenvalue weighted by Crippen LogP contribution is -2.46. The number of para-hydroxylation sites is 1. The highest BCUT2D eigenvalue weighted by Crippen LogP contribution is 2.33. The highest BCUT2D eigenvalue weighted by molar-refractivity contribution is 6.10. The Kier molecular flexibility index (Phi) is 5.12. The smallest absolute Gasteiger partial charge is 0.387 e. The van der Waals surface area contributed by atoms with Gasteiger partial charge in [-0.25, -0.2) is 4.79 Å². The third-order valence-corrected chi connectivity index (χ3v) is 5.70. The maximum absolute atomic E-state index is 13.1. The second kappa shape index (κ2) is 7.64. The van der Waals surface area contributed by atoms with Crippen molar-refractivity contribution in [2.24, 2.45) is 0 Å². The normalized spacial score (nSPS) is 22.7. The van der Waals surface area contributed by atoms with Crippen LogP contribution in [0.1, 0.15) is 25.0 Å². The molecule has 2 heterocycles. The van der Waals surface area contributed by atoms with Gasteiger partial charge in [0, 0.05) is 11.7 Å². The van der Waals surface area contributed by atoms with E-state index in [1.807, 2.05) is 31.2 Å². The number of rotatable bonds is 5. The van der Waals surface area contributed by atoms with E-state index < -0.39 is 30.6 Å². The van der Waals surface area contributed by atoms with Crippen molar-refractivity contribution in [2.75, 3.05) is 11.4 Å². The number of ether oxygens (including phenoxy) is 1. The first-order chi connectivity index (χ1) is 14.7. The minimum Gasteiger partial charge on any atom is -0.435 e. The average molecular weight is 429 g/mol. The molecule has 1 saturated heterocycles. The van der Waals surface area contributed by atoms with Crippen LogP contribution in [0, 0.1) is 0 Å². The van der Waals surface area contributed by atoms with Crippen molar-refractivity contribution >= 4 is 23.5 Å². The summed E-state index contributed by atoms with van der Waals surface area (Å²) in [4.78, 5) is 41.2. The van der Waals surface area contributed by atoms with E-state index in [2.05, 4.69) is 10.1 Å². The molecule has 0 spiro atoms. The lowest BCUT2D eigenvalue weighted by molar-refractivity contribution is -0.134. The Balaban J connectivity index is 1.53. The van der Waals surface area contributed by atoms with Crippen LogP contribution in [-0.4, -0.2) is 41.9 Å². The second-order valence-electron chi connectivity index (χ2n) is 7.79. The van der Waals surface area contributed by atoms with E-state index in [0.717, 1.165) is 16.2 Å². The maximum atomic E-state index is 13.1. The Morgan fingerprint density at radius 2 is 1.87 bits per heavy atom. The highest BCUT2D eigenvalue weighted by atomic mass is 19.3. The van der Waals surface area contributed by atoms with E-state index in [9.17, 15) is 23.2 Å². The van der Waals surface area contributed by atoms with Crippen molar-refractivity contribution in [3.05, 3.63) is 59.7 Å². The average Bonchev–Trinajstić information content (AvgIpc) is 3.16. The van der Waals surface area contributed by atoms with Gasteiger partial charge in [-0.3, -0.25) is 14.5 Å². The number of hydrogen-bond donors (Lipinski definition) is 1. The Hall–Kier alpha value is -3.49. The van der Waals surface area contributed by atoms with E-state index >= 15 is 0 Å². The van der Waals surface area contributed by atoms with Gasteiger partial charge in [-0.1, -0.05) is 30.3 Å². The van der Waals surface area contributed by atoms with Crippen LogP contribution in [0.4, 0.5) is 19.3 Å². The Morgan fingerprint density at radius 3 is 2.55 bits per heavy atom. The number of alkyl halides is 2. The summed E-state index contributed by atoms with van der Waals surface area (Å²) in [6, 6.07) is 12.2. The fourth-order valence-electron chi connectivity index (χ4n) is 4.16. The van der Waals surface area contributed by atoms with Gasteiger partial charge in [-0.15, -0.1) is 0 Å². The first-order valence-corrected chi connectivity index (χ1v) is 9.80. The number of fused-ring (bicyclic) bond motifs is 1. The number of anilines is 1. The topological polar surface area (TPSA) is 79.0 Å². The summed E-state index contributed by atoms with van der Waals surface area (Å²) < 4.78 is 29.0. The van der Waals surface area contributed by atoms with E-state index in [4.69, 9.17) is 0 Å². The summed E-state index contributed by atoms with van der Waals surface area (Å²) in [7, 11) is 0. The molecule has 0 aromatic heterocycles. The number of halogens is 2. The molecule has 1 fully saturated rings. The monoisotopic (exact) mass is 429 g/mol. The zero-order valence-corrected chi connectivity index (χ0v) is 17.0. The van der Waals surface area contributed by atoms with Crippen LogP contribution < -0.4 is 15.0 Å². The van der Waals surface area contributed by atoms with Crippen LogP contribution in [0.3, 0.4) is 0 Å². The van der Waals surface area contributed by atoms with Gasteiger partial charge in [-0.2, -0.15) is 8.78 Å². The zero-order valence-electron chi connectivity index (χ0n) is 17.0.